The molecule has 0 saturated heterocycles. The first kappa shape index (κ1) is 15.6. The summed E-state index contributed by atoms with van der Waals surface area (Å²) in [5, 5.41) is 5.18. The molecule has 1 unspecified atom stereocenters. The second-order valence-electron chi connectivity index (χ2n) is 4.79. The molecule has 0 aliphatic heterocycles. The number of nitrogens with zero attached hydrogens (tertiary/aromatic N) is 1. The summed E-state index contributed by atoms with van der Waals surface area (Å²) in [6.07, 6.45) is 2.05. The summed E-state index contributed by atoms with van der Waals surface area (Å²) < 4.78 is 0. The second kappa shape index (κ2) is 6.12. The maximum absolute atomic E-state index is 12.4. The van der Waals surface area contributed by atoms with Gasteiger partial charge in [0.05, 0.1) is 0 Å². The van der Waals surface area contributed by atoms with Gasteiger partial charge in [-0.25, -0.2) is 0 Å². The molecule has 0 bridgehead atoms. The number of carbonyl (C=O) groups excluding carboxylic acids is 1. The molecule has 1 aromatic heterocycles. The smallest absolute Gasteiger partial charge is 0.166 e. The van der Waals surface area contributed by atoms with Crippen LogP contribution < -0.4 is 0 Å². The average molecular weight is 377 g/mol. The molecule has 1 aliphatic carbocycles. The summed E-state index contributed by atoms with van der Waals surface area (Å²) >= 11 is 1.66. The van der Waals surface area contributed by atoms with Crippen LogP contribution in [0.1, 0.15) is 41.1 Å². The number of aryl methyl sites for hydroxylation is 1. The predicted molar refractivity (Wildman–Crippen MR) is 69.0 cm³/mol. The molecule has 2 rings (SSSR count). The Bertz CT molecular complexity index is 425. The maximum atomic E-state index is 12.4. The summed E-state index contributed by atoms with van der Waals surface area (Å²) in [6.45, 7) is 6.37. The van der Waals surface area contributed by atoms with Crippen molar-refractivity contribution in [3.8, 4) is 0 Å². The zero-order valence-electron chi connectivity index (χ0n) is 10.9. The fourth-order valence-electron chi connectivity index (χ4n) is 2.53. The third-order valence-electron chi connectivity index (χ3n) is 3.49. The molecular formula is C13H18NOPrS-. The molecule has 0 spiro atoms. The van der Waals surface area contributed by atoms with Gasteiger partial charge in [0.25, 0.3) is 0 Å². The number of carbonyl (C=O) groups is 1. The molecule has 91 valence electrons. The number of fused-ring (bicyclic) bond motifs is 1. The Morgan fingerprint density at radius 1 is 1.41 bits per heavy atom. The van der Waals surface area contributed by atoms with Crippen molar-refractivity contribution in [3.05, 3.63) is 21.3 Å². The summed E-state index contributed by atoms with van der Waals surface area (Å²) in [6, 6.07) is 0. The Labute approximate surface area is 141 Å². The van der Waals surface area contributed by atoms with Gasteiger partial charge in [0.2, 0.25) is 0 Å². The first-order valence-corrected chi connectivity index (χ1v) is 6.64. The summed E-state index contributed by atoms with van der Waals surface area (Å²) in [4.78, 5) is 13.7. The second-order valence-corrected chi connectivity index (χ2v) is 6.00. The van der Waals surface area contributed by atoms with Gasteiger partial charge in [0.15, 0.2) is 5.78 Å². The average Bonchev–Trinajstić information content (AvgIpc) is 2.56. The molecule has 0 N–H and O–H groups in total. The molecule has 0 aromatic carbocycles. The van der Waals surface area contributed by atoms with E-state index < -0.39 is 0 Å². The Morgan fingerprint density at radius 2 is 2.06 bits per heavy atom. The molecule has 1 aliphatic rings. The van der Waals surface area contributed by atoms with Crippen LogP contribution in [-0.4, -0.2) is 12.8 Å². The van der Waals surface area contributed by atoms with Crippen LogP contribution in [0.5, 0.6) is 0 Å². The van der Waals surface area contributed by atoms with E-state index in [1.807, 2.05) is 0 Å². The first-order chi connectivity index (χ1) is 7.56. The summed E-state index contributed by atoms with van der Waals surface area (Å²) in [7, 11) is 1.78. The third-order valence-corrected chi connectivity index (χ3v) is 4.62. The van der Waals surface area contributed by atoms with Crippen molar-refractivity contribution >= 4 is 22.1 Å². The number of thiophene rings is 1. The van der Waals surface area contributed by atoms with Crippen molar-refractivity contribution in [1.82, 2.24) is 0 Å². The molecule has 1 heterocycles. The van der Waals surface area contributed by atoms with Crippen LogP contribution in [0.4, 0.5) is 5.00 Å². The van der Waals surface area contributed by atoms with E-state index in [2.05, 4.69) is 26.1 Å². The topological polar surface area (TPSA) is 31.2 Å². The Balaban J connectivity index is 0.00000144. The van der Waals surface area contributed by atoms with Gasteiger partial charge in [-0.2, -0.15) is 11.3 Å². The van der Waals surface area contributed by atoms with Crippen LogP contribution in [0.2, 0.25) is 0 Å². The SMILES string of the molecule is C[N-]c1sc(C)c2c1C(=O)C(C(C)C)CC2.[Pr]. The minimum atomic E-state index is 0. The predicted octanol–water partition coefficient (Wildman–Crippen LogP) is 4.09. The van der Waals surface area contributed by atoms with E-state index in [1.165, 1.54) is 10.4 Å². The van der Waals surface area contributed by atoms with Gasteiger partial charge in [-0.1, -0.05) is 18.8 Å². The first-order valence-electron chi connectivity index (χ1n) is 5.82. The number of rotatable bonds is 2. The number of hydrogen-bond donors (Lipinski definition) is 0. The fourth-order valence-corrected chi connectivity index (χ4v) is 3.56. The van der Waals surface area contributed by atoms with Crippen LogP contribution in [0.15, 0.2) is 0 Å². The normalized spacial score (nSPS) is 18.9. The fraction of sp³-hybridized carbons (Fsp3) is 0.615. The molecule has 1 aromatic rings. The molecule has 4 heteroatoms. The minimum absolute atomic E-state index is 0. The van der Waals surface area contributed by atoms with Gasteiger partial charge in [0.1, 0.15) is 0 Å². The van der Waals surface area contributed by atoms with Gasteiger partial charge >= 0.3 is 0 Å². The zero-order chi connectivity index (χ0) is 11.9. The maximum Gasteiger partial charge on any atom is 0.166 e. The molecule has 0 amide bonds. The van der Waals surface area contributed by atoms with E-state index in [-0.39, 0.29) is 47.2 Å². The molecule has 0 saturated carbocycles. The third kappa shape index (κ3) is 2.77. The van der Waals surface area contributed by atoms with Gasteiger partial charge < -0.3 is 5.32 Å². The van der Waals surface area contributed by atoms with Gasteiger partial charge in [-0.15, -0.1) is 7.05 Å². The van der Waals surface area contributed by atoms with E-state index in [4.69, 9.17) is 0 Å². The number of hydrogen-bond acceptors (Lipinski definition) is 2. The van der Waals surface area contributed by atoms with E-state index in [1.54, 1.807) is 18.4 Å². The molecule has 17 heavy (non-hydrogen) atoms. The van der Waals surface area contributed by atoms with E-state index in [0.717, 1.165) is 23.4 Å². The van der Waals surface area contributed by atoms with Crippen LogP contribution in [0.25, 0.3) is 5.32 Å². The number of ketones is 1. The Kier molecular flexibility index (Phi) is 5.61. The van der Waals surface area contributed by atoms with E-state index >= 15 is 0 Å². The molecule has 1 radical (unpaired) electrons. The van der Waals surface area contributed by atoms with Gasteiger partial charge in [-0.05, 0) is 31.2 Å². The summed E-state index contributed by atoms with van der Waals surface area (Å²) in [5.41, 5.74) is 2.18. The standard InChI is InChI=1S/C13H19NOS.Pr/c1-7(2)9-5-6-10-8(3)16-13(14-4)11(10)12(9)15;/h7,9H,5-6H2,1-4H3,(H,14,15);/p-1. The zero-order valence-corrected chi connectivity index (χ0v) is 15.4. The molecule has 2 nitrogen and oxygen atoms in total. The van der Waals surface area contributed by atoms with Crippen LogP contribution in [0, 0.1) is 60.1 Å². The largest absolute Gasteiger partial charge is 0.678 e. The van der Waals surface area contributed by atoms with Gasteiger partial charge in [-0.3, -0.25) is 4.79 Å². The van der Waals surface area contributed by atoms with Crippen molar-refractivity contribution in [2.45, 2.75) is 33.6 Å². The minimum Gasteiger partial charge on any atom is -0.678 e. The van der Waals surface area contributed by atoms with Crippen molar-refractivity contribution in [2.24, 2.45) is 11.8 Å². The van der Waals surface area contributed by atoms with Crippen LogP contribution in [-0.2, 0) is 6.42 Å². The number of Topliss-reactive ketones (excluding diaryl/α,β-unsaturated/α-hetero) is 1. The Morgan fingerprint density at radius 3 is 2.59 bits per heavy atom. The molecule has 1 atom stereocenters. The van der Waals surface area contributed by atoms with Crippen LogP contribution in [0.3, 0.4) is 0 Å². The van der Waals surface area contributed by atoms with Crippen molar-refractivity contribution in [1.29, 1.82) is 0 Å². The molecular weight excluding hydrogens is 359 g/mol. The van der Waals surface area contributed by atoms with Crippen molar-refractivity contribution in [2.75, 3.05) is 7.05 Å². The van der Waals surface area contributed by atoms with E-state index in [0.29, 0.717) is 11.7 Å². The van der Waals surface area contributed by atoms with Gasteiger partial charge in [0, 0.05) is 57.7 Å². The van der Waals surface area contributed by atoms with Crippen LogP contribution >= 0.6 is 11.3 Å². The monoisotopic (exact) mass is 377 g/mol. The Hall–Kier alpha value is 0.534. The van der Waals surface area contributed by atoms with Crippen molar-refractivity contribution in [3.63, 3.8) is 0 Å². The van der Waals surface area contributed by atoms with E-state index in [9.17, 15) is 4.79 Å². The summed E-state index contributed by atoms with van der Waals surface area (Å²) in [5.74, 6) is 0.953. The molecule has 0 fully saturated rings. The van der Waals surface area contributed by atoms with Crippen molar-refractivity contribution < 1.29 is 46.1 Å². The quantitative estimate of drug-likeness (QED) is 0.764.